The maximum absolute atomic E-state index is 11.2. The smallest absolute Gasteiger partial charge is 0.175 e. The first kappa shape index (κ1) is 27.4. The summed E-state index contributed by atoms with van der Waals surface area (Å²) in [6.45, 7) is 10.6. The lowest BCUT2D eigenvalue weighted by atomic mass is 9.89. The van der Waals surface area contributed by atoms with Crippen molar-refractivity contribution in [1.29, 1.82) is 0 Å². The summed E-state index contributed by atoms with van der Waals surface area (Å²) in [6, 6.07) is 17.8. The van der Waals surface area contributed by atoms with E-state index in [1.807, 2.05) is 55.5 Å². The topological polar surface area (TPSA) is 62.3 Å². The van der Waals surface area contributed by atoms with Crippen molar-refractivity contribution >= 4 is 39.1 Å². The van der Waals surface area contributed by atoms with Crippen LogP contribution in [0.4, 0.5) is 0 Å². The number of methoxy groups -OCH3 is 1. The standard InChI is InChI=1S/C15H18O.C12H13NO2.C2H5Cl/c1-4-10(2)15-11(3)9-14(16)12-7-5-6-8-13(12)15;1-8(14)12-6-10-5-9(7-15-2)3-4-11(10)13-12;1-2-3/h5-10,16H,4H2,1-3H3;3-6,13H,7H2,1-2H3;2H2,1H3/t10-;;/m1../s1. The number of aryl methyl sites for hydroxylation is 1. The Morgan fingerprint density at radius 2 is 1.74 bits per heavy atom. The van der Waals surface area contributed by atoms with Crippen molar-refractivity contribution in [1.82, 2.24) is 4.98 Å². The number of benzene rings is 3. The molecular weight excluding hydrogens is 446 g/mol. The molecule has 0 bridgehead atoms. The number of aromatic nitrogens is 1. The van der Waals surface area contributed by atoms with Crippen LogP contribution in [0.3, 0.4) is 0 Å². The molecule has 0 unspecified atom stereocenters. The Hall–Kier alpha value is -2.82. The molecule has 0 aliphatic rings. The molecule has 0 aliphatic carbocycles. The highest BCUT2D eigenvalue weighted by Gasteiger charge is 2.13. The quantitative estimate of drug-likeness (QED) is 0.223. The average Bonchev–Trinajstić information content (AvgIpc) is 3.24. The Morgan fingerprint density at radius 1 is 1.09 bits per heavy atom. The fourth-order valence-corrected chi connectivity index (χ4v) is 4.00. The number of carbonyl (C=O) groups is 1. The van der Waals surface area contributed by atoms with E-state index in [4.69, 9.17) is 16.3 Å². The van der Waals surface area contributed by atoms with Gasteiger partial charge in [0, 0.05) is 36.2 Å². The first-order valence-corrected chi connectivity index (χ1v) is 12.2. The highest BCUT2D eigenvalue weighted by Crippen LogP contribution is 2.35. The van der Waals surface area contributed by atoms with Crippen LogP contribution < -0.4 is 0 Å². The van der Waals surface area contributed by atoms with Crippen LogP contribution >= 0.6 is 11.6 Å². The van der Waals surface area contributed by atoms with E-state index in [-0.39, 0.29) is 5.78 Å². The van der Waals surface area contributed by atoms with Gasteiger partial charge in [0.15, 0.2) is 5.78 Å². The number of phenols is 1. The number of hydrogen-bond acceptors (Lipinski definition) is 3. The van der Waals surface area contributed by atoms with Gasteiger partial charge in [-0.25, -0.2) is 0 Å². The monoisotopic (exact) mass is 481 g/mol. The number of H-pyrrole nitrogens is 1. The maximum Gasteiger partial charge on any atom is 0.175 e. The molecule has 4 nitrogen and oxygen atoms in total. The SMILES string of the molecule is CCCl.CC[C@@H](C)c1c(C)cc(O)c2ccccc12.COCc1ccc2[nH]c(C(C)=O)cc2c1. The molecule has 1 aromatic heterocycles. The molecule has 0 spiro atoms. The van der Waals surface area contributed by atoms with Crippen molar-refractivity contribution in [2.24, 2.45) is 0 Å². The predicted molar refractivity (Wildman–Crippen MR) is 144 cm³/mol. The third-order valence-electron chi connectivity index (χ3n) is 5.75. The van der Waals surface area contributed by atoms with Crippen LogP contribution in [0, 0.1) is 6.92 Å². The molecule has 182 valence electrons. The molecular formula is C29H36ClNO3. The minimum atomic E-state index is 0.0551. The molecule has 1 atom stereocenters. The summed E-state index contributed by atoms with van der Waals surface area (Å²) in [7, 11) is 1.67. The van der Waals surface area contributed by atoms with E-state index in [1.165, 1.54) is 16.5 Å². The van der Waals surface area contributed by atoms with Gasteiger partial charge in [0.2, 0.25) is 0 Å². The van der Waals surface area contributed by atoms with Gasteiger partial charge in [0.25, 0.3) is 0 Å². The molecule has 4 rings (SSSR count). The van der Waals surface area contributed by atoms with Crippen LogP contribution in [0.5, 0.6) is 5.75 Å². The van der Waals surface area contributed by atoms with Crippen LogP contribution in [0.2, 0.25) is 0 Å². The Balaban J connectivity index is 0.000000216. The number of fused-ring (bicyclic) bond motifs is 2. The molecule has 2 N–H and O–H groups in total. The summed E-state index contributed by atoms with van der Waals surface area (Å²) in [5, 5.41) is 13.1. The molecule has 5 heteroatoms. The maximum atomic E-state index is 11.2. The summed E-state index contributed by atoms with van der Waals surface area (Å²) in [6.07, 6.45) is 1.12. The lowest BCUT2D eigenvalue weighted by molar-refractivity contribution is 0.101. The average molecular weight is 482 g/mol. The summed E-state index contributed by atoms with van der Waals surface area (Å²) in [5.41, 5.74) is 5.31. The van der Waals surface area contributed by atoms with Crippen molar-refractivity contribution in [2.75, 3.05) is 13.0 Å². The summed E-state index contributed by atoms with van der Waals surface area (Å²) >= 11 is 5.00. The van der Waals surface area contributed by atoms with Gasteiger partial charge in [-0.1, -0.05) is 51.1 Å². The van der Waals surface area contributed by atoms with E-state index < -0.39 is 0 Å². The number of carbonyl (C=O) groups excluding carboxylic acids is 1. The van der Waals surface area contributed by atoms with Crippen molar-refractivity contribution < 1.29 is 14.6 Å². The van der Waals surface area contributed by atoms with Gasteiger partial charge in [0.1, 0.15) is 5.75 Å². The molecule has 3 aromatic carbocycles. The van der Waals surface area contributed by atoms with Crippen molar-refractivity contribution in [3.05, 3.63) is 77.0 Å². The van der Waals surface area contributed by atoms with E-state index in [9.17, 15) is 9.90 Å². The van der Waals surface area contributed by atoms with Crippen molar-refractivity contribution in [2.45, 2.75) is 53.6 Å². The zero-order valence-electron chi connectivity index (χ0n) is 21.0. The fourth-order valence-electron chi connectivity index (χ4n) is 4.00. The molecule has 0 saturated heterocycles. The second kappa shape index (κ2) is 13.2. The second-order valence-electron chi connectivity index (χ2n) is 8.34. The zero-order chi connectivity index (χ0) is 25.3. The highest BCUT2D eigenvalue weighted by molar-refractivity contribution is 6.17. The van der Waals surface area contributed by atoms with Gasteiger partial charge in [0.05, 0.1) is 12.3 Å². The largest absolute Gasteiger partial charge is 0.507 e. The number of phenolic OH excluding ortho intramolecular Hbond substituents is 1. The normalized spacial score (nSPS) is 11.4. The Kier molecular flexibility index (Phi) is 10.6. The number of hydrogen-bond donors (Lipinski definition) is 2. The molecule has 0 amide bonds. The zero-order valence-corrected chi connectivity index (χ0v) is 21.8. The van der Waals surface area contributed by atoms with Gasteiger partial charge in [-0.15, -0.1) is 11.6 Å². The lowest BCUT2D eigenvalue weighted by Gasteiger charge is -2.16. The molecule has 0 saturated carbocycles. The third-order valence-corrected chi connectivity index (χ3v) is 5.75. The molecule has 0 fully saturated rings. The van der Waals surface area contributed by atoms with Gasteiger partial charge < -0.3 is 14.8 Å². The highest BCUT2D eigenvalue weighted by atomic mass is 35.5. The Labute approximate surface area is 207 Å². The van der Waals surface area contributed by atoms with E-state index >= 15 is 0 Å². The van der Waals surface area contributed by atoms with E-state index in [0.717, 1.165) is 34.2 Å². The Bertz CT molecular complexity index is 1230. The first-order chi connectivity index (χ1) is 16.3. The minimum Gasteiger partial charge on any atom is -0.507 e. The molecule has 1 heterocycles. The number of ketones is 1. The summed E-state index contributed by atoms with van der Waals surface area (Å²) in [5.74, 6) is 1.70. The fraction of sp³-hybridized carbons (Fsp3) is 0.345. The Morgan fingerprint density at radius 3 is 2.32 bits per heavy atom. The van der Waals surface area contributed by atoms with Crippen LogP contribution in [-0.2, 0) is 11.3 Å². The number of halogens is 1. The number of Topliss-reactive ketones (excluding diaryl/α,β-unsaturated/α-hetero) is 1. The van der Waals surface area contributed by atoms with Gasteiger partial charge in [-0.2, -0.15) is 0 Å². The molecule has 0 aliphatic heterocycles. The molecule has 34 heavy (non-hydrogen) atoms. The summed E-state index contributed by atoms with van der Waals surface area (Å²) in [4.78, 5) is 14.2. The van der Waals surface area contributed by atoms with E-state index in [2.05, 4.69) is 31.8 Å². The van der Waals surface area contributed by atoms with Gasteiger partial charge >= 0.3 is 0 Å². The number of alkyl halides is 1. The van der Waals surface area contributed by atoms with E-state index in [0.29, 0.717) is 24.0 Å². The predicted octanol–water partition coefficient (Wildman–Crippen LogP) is 8.13. The number of nitrogens with one attached hydrogen (secondary N) is 1. The van der Waals surface area contributed by atoms with Gasteiger partial charge in [-0.3, -0.25) is 4.79 Å². The molecule has 4 aromatic rings. The third kappa shape index (κ3) is 6.85. The number of rotatable bonds is 5. The van der Waals surface area contributed by atoms with Crippen LogP contribution in [0.25, 0.3) is 21.7 Å². The number of aromatic hydroxyl groups is 1. The van der Waals surface area contributed by atoms with Crippen molar-refractivity contribution in [3.8, 4) is 5.75 Å². The van der Waals surface area contributed by atoms with Crippen LogP contribution in [0.15, 0.2) is 54.6 Å². The molecule has 0 radical (unpaired) electrons. The number of aromatic amines is 1. The minimum absolute atomic E-state index is 0.0551. The second-order valence-corrected chi connectivity index (χ2v) is 8.88. The lowest BCUT2D eigenvalue weighted by Crippen LogP contribution is -1.97. The van der Waals surface area contributed by atoms with Crippen molar-refractivity contribution in [3.63, 3.8) is 0 Å². The number of ether oxygens (including phenoxy) is 1. The van der Waals surface area contributed by atoms with Crippen LogP contribution in [0.1, 0.15) is 67.2 Å². The summed E-state index contributed by atoms with van der Waals surface area (Å²) < 4.78 is 5.05. The van der Waals surface area contributed by atoms with E-state index in [1.54, 1.807) is 14.0 Å². The van der Waals surface area contributed by atoms with Gasteiger partial charge in [-0.05, 0) is 65.6 Å². The van der Waals surface area contributed by atoms with Crippen LogP contribution in [-0.4, -0.2) is 28.9 Å². The first-order valence-electron chi connectivity index (χ1n) is 11.7.